The van der Waals surface area contributed by atoms with Gasteiger partial charge < -0.3 is 5.92 Å². The van der Waals surface area contributed by atoms with Gasteiger partial charge in [0.1, 0.15) is 0 Å². The van der Waals surface area contributed by atoms with E-state index >= 15 is 0 Å². The van der Waals surface area contributed by atoms with E-state index in [0.29, 0.717) is 0 Å². The van der Waals surface area contributed by atoms with Gasteiger partial charge in [0.15, 0.2) is 0 Å². The number of unbranched alkanes of at least 4 members (excludes halogenated alkanes) is 1. The first-order valence-electron chi connectivity index (χ1n) is 5.29. The largest absolute Gasteiger partial charge is 1.00 e. The van der Waals surface area contributed by atoms with E-state index in [2.05, 4.69) is 6.92 Å². The normalized spacial score (nSPS) is 33.8. The molecule has 0 spiro atoms. The fourth-order valence-electron chi connectivity index (χ4n) is 2.70. The molecule has 2 atom stereocenters. The quantitative estimate of drug-likeness (QED) is 0.416. The molecule has 0 aromatic carbocycles. The molecule has 0 aliphatic heterocycles. The minimum Gasteiger partial charge on any atom is -0.312 e. The van der Waals surface area contributed by atoms with E-state index < -0.39 is 0 Å². The maximum absolute atomic E-state index is 2.30. The van der Waals surface area contributed by atoms with Crippen molar-refractivity contribution in [2.75, 3.05) is 0 Å². The zero-order valence-electron chi connectivity index (χ0n) is 8.60. The van der Waals surface area contributed by atoms with Crippen molar-refractivity contribution >= 4 is 0 Å². The summed E-state index contributed by atoms with van der Waals surface area (Å²) in [5.41, 5.74) is 0. The Morgan fingerprint density at radius 2 is 1.75 bits per heavy atom. The van der Waals surface area contributed by atoms with E-state index in [1.165, 1.54) is 44.9 Å². The zero-order valence-corrected chi connectivity index (χ0v) is 8.60. The fraction of sp³-hybridized carbons (Fsp3) is 0.909. The number of hydrogen-bond acceptors (Lipinski definition) is 0. The summed E-state index contributed by atoms with van der Waals surface area (Å²) >= 11 is 0. The molecule has 2 aliphatic rings. The van der Waals surface area contributed by atoms with Crippen LogP contribution in [0.5, 0.6) is 0 Å². The standard InChI is InChI=1S/C11H19.Li/c1-2-3-6-9-10-7-4-5-8-11(9)10;/h10-11H,2-8H2,1H3;/q-1;+1/t10-,11+;. The van der Waals surface area contributed by atoms with Crippen LogP contribution in [0.4, 0.5) is 0 Å². The molecule has 12 heavy (non-hydrogen) atoms. The van der Waals surface area contributed by atoms with Crippen LogP contribution >= 0.6 is 0 Å². The van der Waals surface area contributed by atoms with Crippen molar-refractivity contribution in [2.24, 2.45) is 11.8 Å². The van der Waals surface area contributed by atoms with Crippen LogP contribution in [0.25, 0.3) is 0 Å². The van der Waals surface area contributed by atoms with Crippen molar-refractivity contribution in [3.05, 3.63) is 5.92 Å². The zero-order chi connectivity index (χ0) is 7.68. The van der Waals surface area contributed by atoms with Gasteiger partial charge in [-0.05, 0) is 0 Å². The molecule has 2 saturated carbocycles. The monoisotopic (exact) mass is 158 g/mol. The van der Waals surface area contributed by atoms with Gasteiger partial charge in [-0.1, -0.05) is 45.4 Å². The molecule has 2 fully saturated rings. The number of fused-ring (bicyclic) bond motifs is 1. The maximum atomic E-state index is 2.30. The fourth-order valence-corrected chi connectivity index (χ4v) is 2.70. The summed E-state index contributed by atoms with van der Waals surface area (Å²) in [6, 6.07) is 0. The van der Waals surface area contributed by atoms with Gasteiger partial charge in [-0.15, -0.1) is 0 Å². The van der Waals surface area contributed by atoms with Gasteiger partial charge in [-0.2, -0.15) is 18.3 Å². The molecule has 2 rings (SSSR count). The molecule has 0 N–H and O–H groups in total. The van der Waals surface area contributed by atoms with Gasteiger partial charge in [0.25, 0.3) is 0 Å². The van der Waals surface area contributed by atoms with Crippen LogP contribution < -0.4 is 18.9 Å². The molecule has 0 radical (unpaired) electrons. The smallest absolute Gasteiger partial charge is 0.312 e. The predicted octanol–water partition coefficient (Wildman–Crippen LogP) is 0.575. The van der Waals surface area contributed by atoms with Crippen molar-refractivity contribution in [2.45, 2.75) is 51.9 Å². The summed E-state index contributed by atoms with van der Waals surface area (Å²) < 4.78 is 0. The third-order valence-electron chi connectivity index (χ3n) is 3.43. The molecule has 64 valence electrons. The number of hydrogen-bond donors (Lipinski definition) is 0. The van der Waals surface area contributed by atoms with Crippen molar-refractivity contribution in [3.63, 3.8) is 0 Å². The molecule has 0 bridgehead atoms. The Balaban J connectivity index is 0.000000720. The first-order chi connectivity index (χ1) is 5.43. The van der Waals surface area contributed by atoms with Crippen LogP contribution in [-0.4, -0.2) is 0 Å². The molecular weight excluding hydrogens is 139 g/mol. The molecule has 0 saturated heterocycles. The third kappa shape index (κ3) is 2.09. The minimum atomic E-state index is 0. The van der Waals surface area contributed by atoms with E-state index in [4.69, 9.17) is 0 Å². The maximum Gasteiger partial charge on any atom is 1.00 e. The van der Waals surface area contributed by atoms with Crippen LogP contribution in [0.3, 0.4) is 0 Å². The van der Waals surface area contributed by atoms with E-state index in [0.717, 1.165) is 11.8 Å². The van der Waals surface area contributed by atoms with Crippen molar-refractivity contribution < 1.29 is 18.9 Å². The van der Waals surface area contributed by atoms with Gasteiger partial charge in [-0.25, -0.2) is 0 Å². The van der Waals surface area contributed by atoms with Crippen LogP contribution in [0.2, 0.25) is 0 Å². The second-order valence-corrected chi connectivity index (χ2v) is 4.18. The molecule has 0 aromatic rings. The van der Waals surface area contributed by atoms with Gasteiger partial charge in [0.2, 0.25) is 0 Å². The summed E-state index contributed by atoms with van der Waals surface area (Å²) in [5.74, 6) is 4.16. The molecule has 0 unspecified atom stereocenters. The van der Waals surface area contributed by atoms with E-state index in [1.54, 1.807) is 0 Å². The van der Waals surface area contributed by atoms with Gasteiger partial charge in [-0.3, -0.25) is 0 Å². The van der Waals surface area contributed by atoms with Crippen LogP contribution in [0.1, 0.15) is 51.9 Å². The Morgan fingerprint density at radius 3 is 2.25 bits per heavy atom. The Labute approximate surface area is 88.7 Å². The average Bonchev–Trinajstić information content (AvgIpc) is 2.75. The van der Waals surface area contributed by atoms with E-state index in [1.807, 2.05) is 5.92 Å². The third-order valence-corrected chi connectivity index (χ3v) is 3.43. The van der Waals surface area contributed by atoms with Crippen molar-refractivity contribution in [1.29, 1.82) is 0 Å². The molecule has 0 nitrogen and oxygen atoms in total. The number of rotatable bonds is 3. The van der Waals surface area contributed by atoms with Crippen molar-refractivity contribution in [1.82, 2.24) is 0 Å². The van der Waals surface area contributed by atoms with Gasteiger partial charge in [0.05, 0.1) is 0 Å². The summed E-state index contributed by atoms with van der Waals surface area (Å²) in [7, 11) is 0. The Bertz CT molecular complexity index is 121. The Morgan fingerprint density at radius 1 is 1.17 bits per heavy atom. The summed E-state index contributed by atoms with van der Waals surface area (Å²) in [6.45, 7) is 2.30. The summed E-state index contributed by atoms with van der Waals surface area (Å²) in [5, 5.41) is 0. The Kier molecular flexibility index (Phi) is 4.21. The SMILES string of the molecule is CCCC[C-]1[C@H]2CCCC[C@@H]12.[Li+]. The van der Waals surface area contributed by atoms with Crippen LogP contribution in [0.15, 0.2) is 0 Å². The summed E-state index contributed by atoms with van der Waals surface area (Å²) in [6.07, 6.45) is 10.4. The second-order valence-electron chi connectivity index (χ2n) is 4.18. The van der Waals surface area contributed by atoms with Gasteiger partial charge in [0, 0.05) is 0 Å². The molecular formula is C11H19Li. The molecule has 2 aliphatic carbocycles. The minimum absolute atomic E-state index is 0. The van der Waals surface area contributed by atoms with E-state index in [-0.39, 0.29) is 18.9 Å². The molecule has 0 amide bonds. The molecule has 1 heteroatoms. The molecule has 0 heterocycles. The first kappa shape index (κ1) is 10.7. The van der Waals surface area contributed by atoms with E-state index in [9.17, 15) is 0 Å². The molecule has 0 aromatic heterocycles. The Hall–Kier alpha value is 0.597. The average molecular weight is 158 g/mol. The van der Waals surface area contributed by atoms with Gasteiger partial charge >= 0.3 is 18.9 Å². The van der Waals surface area contributed by atoms with Crippen LogP contribution in [0, 0.1) is 17.8 Å². The second kappa shape index (κ2) is 4.73. The summed E-state index contributed by atoms with van der Waals surface area (Å²) in [4.78, 5) is 0. The predicted molar refractivity (Wildman–Crippen MR) is 48.2 cm³/mol. The van der Waals surface area contributed by atoms with Crippen molar-refractivity contribution in [3.8, 4) is 0 Å². The topological polar surface area (TPSA) is 0 Å². The first-order valence-corrected chi connectivity index (χ1v) is 5.29. The van der Waals surface area contributed by atoms with Crippen LogP contribution in [-0.2, 0) is 0 Å².